The Labute approximate surface area is 161 Å². The Kier molecular flexibility index (Phi) is 5.78. The van der Waals surface area contributed by atoms with Crippen LogP contribution in [0.1, 0.15) is 17.3 Å². The van der Waals surface area contributed by atoms with Crippen LogP contribution in [0, 0.1) is 0 Å². The summed E-state index contributed by atoms with van der Waals surface area (Å²) >= 11 is 1.14. The van der Waals surface area contributed by atoms with Crippen molar-refractivity contribution < 1.29 is 17.9 Å². The summed E-state index contributed by atoms with van der Waals surface area (Å²) in [5.74, 6) is 0.449. The monoisotopic (exact) mass is 402 g/mol. The predicted molar refractivity (Wildman–Crippen MR) is 107 cm³/mol. The number of ether oxygens (including phenoxy) is 1. The molecule has 1 heterocycles. The van der Waals surface area contributed by atoms with Gasteiger partial charge in [-0.2, -0.15) is 0 Å². The van der Waals surface area contributed by atoms with Crippen LogP contribution in [0.5, 0.6) is 5.75 Å². The summed E-state index contributed by atoms with van der Waals surface area (Å²) in [7, 11) is -3.60. The van der Waals surface area contributed by atoms with Crippen LogP contribution in [0.3, 0.4) is 0 Å². The van der Waals surface area contributed by atoms with Crippen molar-refractivity contribution in [1.29, 1.82) is 0 Å². The van der Waals surface area contributed by atoms with Crippen molar-refractivity contribution in [3.8, 4) is 5.75 Å². The van der Waals surface area contributed by atoms with Gasteiger partial charge in [0.25, 0.3) is 15.9 Å². The topological polar surface area (TPSA) is 84.5 Å². The van der Waals surface area contributed by atoms with E-state index in [0.717, 1.165) is 17.1 Å². The Hall–Kier alpha value is -2.84. The van der Waals surface area contributed by atoms with E-state index >= 15 is 0 Å². The second-order valence-corrected chi connectivity index (χ2v) is 8.38. The van der Waals surface area contributed by atoms with Crippen molar-refractivity contribution in [3.63, 3.8) is 0 Å². The number of carbonyl (C=O) groups is 1. The van der Waals surface area contributed by atoms with Gasteiger partial charge in [0.15, 0.2) is 0 Å². The lowest BCUT2D eigenvalue weighted by Crippen LogP contribution is -2.13. The zero-order valence-corrected chi connectivity index (χ0v) is 16.1. The first-order valence-corrected chi connectivity index (χ1v) is 10.5. The zero-order valence-electron chi connectivity index (χ0n) is 14.5. The third-order valence-electron chi connectivity index (χ3n) is 3.58. The summed E-state index contributed by atoms with van der Waals surface area (Å²) in [6.45, 7) is 2.48. The average molecular weight is 402 g/mol. The lowest BCUT2D eigenvalue weighted by Gasteiger charge is -2.09. The Morgan fingerprint density at radius 2 is 1.67 bits per heavy atom. The highest BCUT2D eigenvalue weighted by Crippen LogP contribution is 2.21. The summed E-state index contributed by atoms with van der Waals surface area (Å²) in [6.07, 6.45) is 0. The molecule has 0 fully saturated rings. The minimum atomic E-state index is -3.60. The number of thiophene rings is 1. The van der Waals surface area contributed by atoms with Crippen LogP contribution >= 0.6 is 11.3 Å². The normalized spacial score (nSPS) is 11.0. The predicted octanol–water partition coefficient (Wildman–Crippen LogP) is 4.20. The van der Waals surface area contributed by atoms with Crippen LogP contribution in [0.15, 0.2) is 70.3 Å². The Bertz CT molecular complexity index is 997. The molecule has 2 aromatic carbocycles. The van der Waals surface area contributed by atoms with Crippen molar-refractivity contribution in [3.05, 3.63) is 71.6 Å². The number of rotatable bonds is 7. The molecule has 0 aliphatic heterocycles. The molecule has 1 aromatic heterocycles. The third-order valence-corrected chi connectivity index (χ3v) is 6.36. The fourth-order valence-corrected chi connectivity index (χ4v) is 4.37. The smallest absolute Gasteiger partial charge is 0.271 e. The number of amides is 1. The lowest BCUT2D eigenvalue weighted by molar-refractivity contribution is 0.102. The van der Waals surface area contributed by atoms with E-state index in [0.29, 0.717) is 23.5 Å². The van der Waals surface area contributed by atoms with E-state index in [9.17, 15) is 13.2 Å². The van der Waals surface area contributed by atoms with Gasteiger partial charge in [-0.05, 0) is 66.9 Å². The number of hydrogen-bond acceptors (Lipinski definition) is 5. The summed E-state index contributed by atoms with van der Waals surface area (Å²) < 4.78 is 32.5. The fourth-order valence-electron chi connectivity index (χ4n) is 2.32. The second-order valence-electron chi connectivity index (χ2n) is 5.53. The van der Waals surface area contributed by atoms with Crippen molar-refractivity contribution in [1.82, 2.24) is 0 Å². The second kappa shape index (κ2) is 8.24. The van der Waals surface area contributed by atoms with E-state index in [1.54, 1.807) is 60.0 Å². The zero-order chi connectivity index (χ0) is 19.3. The first kappa shape index (κ1) is 18.9. The van der Waals surface area contributed by atoms with Gasteiger partial charge in [0.1, 0.15) is 9.96 Å². The molecular formula is C19H18N2O4S2. The maximum Gasteiger partial charge on any atom is 0.271 e. The lowest BCUT2D eigenvalue weighted by atomic mass is 10.2. The molecule has 8 heteroatoms. The summed E-state index contributed by atoms with van der Waals surface area (Å²) in [6, 6.07) is 16.5. The maximum absolute atomic E-state index is 12.3. The van der Waals surface area contributed by atoms with Crippen molar-refractivity contribution in [2.45, 2.75) is 11.1 Å². The van der Waals surface area contributed by atoms with E-state index in [4.69, 9.17) is 4.74 Å². The Morgan fingerprint density at radius 3 is 2.26 bits per heavy atom. The van der Waals surface area contributed by atoms with E-state index in [1.807, 2.05) is 6.92 Å². The minimum absolute atomic E-state index is 0.236. The summed E-state index contributed by atoms with van der Waals surface area (Å²) in [5, 5.41) is 4.48. The summed E-state index contributed by atoms with van der Waals surface area (Å²) in [5.41, 5.74) is 1.45. The van der Waals surface area contributed by atoms with Gasteiger partial charge in [-0.3, -0.25) is 9.52 Å². The first-order valence-electron chi connectivity index (χ1n) is 8.18. The molecule has 27 heavy (non-hydrogen) atoms. The van der Waals surface area contributed by atoms with Gasteiger partial charge in [-0.25, -0.2) is 8.42 Å². The molecule has 140 valence electrons. The van der Waals surface area contributed by atoms with Gasteiger partial charge >= 0.3 is 0 Å². The number of nitrogens with one attached hydrogen (secondary N) is 2. The molecule has 0 aliphatic carbocycles. The van der Waals surface area contributed by atoms with Crippen molar-refractivity contribution in [2.24, 2.45) is 0 Å². The van der Waals surface area contributed by atoms with E-state index < -0.39 is 10.0 Å². The van der Waals surface area contributed by atoms with Gasteiger partial charge in [0, 0.05) is 16.9 Å². The molecule has 0 saturated carbocycles. The molecule has 0 aliphatic rings. The highest BCUT2D eigenvalue weighted by molar-refractivity contribution is 7.94. The van der Waals surface area contributed by atoms with Crippen LogP contribution in [0.4, 0.5) is 11.4 Å². The number of carbonyl (C=O) groups excluding carboxylic acids is 1. The van der Waals surface area contributed by atoms with Crippen molar-refractivity contribution in [2.75, 3.05) is 16.6 Å². The molecule has 0 saturated heterocycles. The fraction of sp³-hybridized carbons (Fsp3) is 0.105. The van der Waals surface area contributed by atoms with Gasteiger partial charge in [0.2, 0.25) is 0 Å². The molecule has 3 rings (SSSR count). The number of hydrogen-bond donors (Lipinski definition) is 2. The molecule has 0 unspecified atom stereocenters. The van der Waals surface area contributed by atoms with Gasteiger partial charge in [-0.1, -0.05) is 6.07 Å². The van der Waals surface area contributed by atoms with Crippen LogP contribution in [-0.2, 0) is 10.0 Å². The van der Waals surface area contributed by atoms with Crippen LogP contribution in [-0.4, -0.2) is 20.9 Å². The van der Waals surface area contributed by atoms with E-state index in [1.165, 1.54) is 6.07 Å². The summed E-state index contributed by atoms with van der Waals surface area (Å²) in [4.78, 5) is 12.3. The number of anilines is 2. The number of sulfonamides is 1. The Morgan fingerprint density at radius 1 is 1.00 bits per heavy atom. The molecule has 0 bridgehead atoms. The highest BCUT2D eigenvalue weighted by atomic mass is 32.2. The first-order chi connectivity index (χ1) is 13.0. The van der Waals surface area contributed by atoms with Crippen LogP contribution < -0.4 is 14.8 Å². The molecule has 3 aromatic rings. The molecule has 0 atom stereocenters. The van der Waals surface area contributed by atoms with Crippen LogP contribution in [0.25, 0.3) is 0 Å². The molecule has 0 radical (unpaired) electrons. The van der Waals surface area contributed by atoms with Gasteiger partial charge in [-0.15, -0.1) is 11.3 Å². The molecule has 1 amide bonds. The number of benzene rings is 2. The molecule has 0 spiro atoms. The molecular weight excluding hydrogens is 384 g/mol. The maximum atomic E-state index is 12.3. The SMILES string of the molecule is CCOc1ccc(NC(=O)c2ccc(NS(=O)(=O)c3cccs3)cc2)cc1. The third kappa shape index (κ3) is 4.87. The van der Waals surface area contributed by atoms with Gasteiger partial charge < -0.3 is 10.1 Å². The largest absolute Gasteiger partial charge is 0.494 e. The van der Waals surface area contributed by atoms with Gasteiger partial charge in [0.05, 0.1) is 6.61 Å². The molecule has 2 N–H and O–H groups in total. The highest BCUT2D eigenvalue weighted by Gasteiger charge is 2.15. The van der Waals surface area contributed by atoms with Crippen molar-refractivity contribution >= 4 is 38.6 Å². The van der Waals surface area contributed by atoms with E-state index in [2.05, 4.69) is 10.0 Å². The average Bonchev–Trinajstić information content (AvgIpc) is 3.20. The quantitative estimate of drug-likeness (QED) is 0.620. The Balaban J connectivity index is 1.65. The van der Waals surface area contributed by atoms with Crippen LogP contribution in [0.2, 0.25) is 0 Å². The standard InChI is InChI=1S/C19H18N2O4S2/c1-2-25-17-11-9-15(10-12-17)20-19(22)14-5-7-16(8-6-14)21-27(23,24)18-4-3-13-26-18/h3-13,21H,2H2,1H3,(H,20,22). The minimum Gasteiger partial charge on any atom is -0.494 e. The van der Waals surface area contributed by atoms with E-state index in [-0.39, 0.29) is 10.1 Å². The molecule has 6 nitrogen and oxygen atoms in total.